The van der Waals surface area contributed by atoms with Gasteiger partial charge in [-0.15, -0.1) is 0 Å². The number of likely N-dealkylation sites (tertiary alicyclic amines) is 1. The molecule has 1 fully saturated rings. The summed E-state index contributed by atoms with van der Waals surface area (Å²) in [4.78, 5) is 26.0. The van der Waals surface area contributed by atoms with Crippen LogP contribution in [-0.4, -0.2) is 39.7 Å². The highest BCUT2D eigenvalue weighted by atomic mass is 16.3. The molecule has 98 valence electrons. The molecule has 0 spiro atoms. The van der Waals surface area contributed by atoms with Gasteiger partial charge in [0.05, 0.1) is 6.10 Å². The SMILES string of the molecule is Cc1cc(C)n(C)c(=O)c1C(=O)N1CC[C@@H](O)C1. The number of aryl methyl sites for hydroxylation is 2. The van der Waals surface area contributed by atoms with E-state index in [4.69, 9.17) is 0 Å². The minimum atomic E-state index is -0.469. The third kappa shape index (κ3) is 2.06. The maximum Gasteiger partial charge on any atom is 0.263 e. The molecule has 0 saturated carbocycles. The van der Waals surface area contributed by atoms with Gasteiger partial charge in [-0.05, 0) is 31.9 Å². The average Bonchev–Trinajstić information content (AvgIpc) is 2.73. The normalized spacial score (nSPS) is 19.3. The number of aliphatic hydroxyl groups excluding tert-OH is 1. The molecule has 0 unspecified atom stereocenters. The van der Waals surface area contributed by atoms with Gasteiger partial charge in [0.1, 0.15) is 5.56 Å². The van der Waals surface area contributed by atoms with Gasteiger partial charge >= 0.3 is 0 Å². The molecule has 0 aromatic carbocycles. The highest BCUT2D eigenvalue weighted by Gasteiger charge is 2.28. The predicted octanol–water partition coefficient (Wildman–Crippen LogP) is 0.209. The Labute approximate surface area is 106 Å². The van der Waals surface area contributed by atoms with E-state index in [2.05, 4.69) is 0 Å². The number of carbonyl (C=O) groups is 1. The minimum Gasteiger partial charge on any atom is -0.391 e. The number of β-amino-alcohol motifs (C(OH)–C–C–N with tert-alkyl or cyclic N) is 1. The van der Waals surface area contributed by atoms with E-state index < -0.39 is 6.10 Å². The Kier molecular flexibility index (Phi) is 3.26. The Morgan fingerprint density at radius 2 is 2.11 bits per heavy atom. The second kappa shape index (κ2) is 4.57. The Hall–Kier alpha value is -1.62. The molecule has 0 aliphatic carbocycles. The first kappa shape index (κ1) is 12.8. The monoisotopic (exact) mass is 250 g/mol. The topological polar surface area (TPSA) is 62.5 Å². The van der Waals surface area contributed by atoms with E-state index in [0.29, 0.717) is 25.1 Å². The van der Waals surface area contributed by atoms with Gasteiger partial charge in [0.15, 0.2) is 0 Å². The molecule has 1 aliphatic rings. The largest absolute Gasteiger partial charge is 0.391 e. The van der Waals surface area contributed by atoms with Crippen molar-refractivity contribution in [1.82, 2.24) is 9.47 Å². The van der Waals surface area contributed by atoms with Crippen LogP contribution in [-0.2, 0) is 7.05 Å². The lowest BCUT2D eigenvalue weighted by Crippen LogP contribution is -2.36. The van der Waals surface area contributed by atoms with Crippen molar-refractivity contribution in [2.45, 2.75) is 26.4 Å². The van der Waals surface area contributed by atoms with Crippen LogP contribution in [0.5, 0.6) is 0 Å². The van der Waals surface area contributed by atoms with Crippen molar-refractivity contribution in [3.05, 3.63) is 33.2 Å². The van der Waals surface area contributed by atoms with Gasteiger partial charge < -0.3 is 14.6 Å². The van der Waals surface area contributed by atoms with Gasteiger partial charge in [-0.25, -0.2) is 0 Å². The number of hydrogen-bond acceptors (Lipinski definition) is 3. The van der Waals surface area contributed by atoms with Crippen LogP contribution in [0.25, 0.3) is 0 Å². The summed E-state index contributed by atoms with van der Waals surface area (Å²) in [7, 11) is 1.66. The Morgan fingerprint density at radius 1 is 1.44 bits per heavy atom. The van der Waals surface area contributed by atoms with Crippen molar-refractivity contribution in [3.8, 4) is 0 Å². The molecule has 1 N–H and O–H groups in total. The van der Waals surface area contributed by atoms with E-state index in [1.165, 1.54) is 4.57 Å². The van der Waals surface area contributed by atoms with E-state index in [9.17, 15) is 14.7 Å². The quantitative estimate of drug-likeness (QED) is 0.775. The summed E-state index contributed by atoms with van der Waals surface area (Å²) in [6.07, 6.45) is 0.111. The van der Waals surface area contributed by atoms with E-state index in [1.54, 1.807) is 18.9 Å². The van der Waals surface area contributed by atoms with E-state index >= 15 is 0 Å². The first-order chi connectivity index (χ1) is 8.41. The molecule has 1 aliphatic heterocycles. The minimum absolute atomic E-state index is 0.220. The molecule has 0 radical (unpaired) electrons. The lowest BCUT2D eigenvalue weighted by Gasteiger charge is -2.17. The maximum absolute atomic E-state index is 12.3. The summed E-state index contributed by atoms with van der Waals surface area (Å²) in [5.41, 5.74) is 1.48. The molecular formula is C13H18N2O3. The second-order valence-electron chi connectivity index (χ2n) is 4.90. The van der Waals surface area contributed by atoms with Gasteiger partial charge in [0.25, 0.3) is 11.5 Å². The summed E-state index contributed by atoms with van der Waals surface area (Å²) in [5, 5.41) is 9.46. The Bertz CT molecular complexity index is 548. The third-order valence-electron chi connectivity index (χ3n) is 3.53. The van der Waals surface area contributed by atoms with Crippen LogP contribution in [0.2, 0.25) is 0 Å². The summed E-state index contributed by atoms with van der Waals surface area (Å²) in [5.74, 6) is -0.273. The van der Waals surface area contributed by atoms with E-state index in [1.807, 2.05) is 13.0 Å². The summed E-state index contributed by atoms with van der Waals surface area (Å²) < 4.78 is 1.48. The highest BCUT2D eigenvalue weighted by Crippen LogP contribution is 2.14. The molecule has 1 saturated heterocycles. The fourth-order valence-corrected chi connectivity index (χ4v) is 2.32. The zero-order valence-corrected chi connectivity index (χ0v) is 10.9. The third-order valence-corrected chi connectivity index (χ3v) is 3.53. The number of pyridine rings is 1. The highest BCUT2D eigenvalue weighted by molar-refractivity contribution is 5.95. The van der Waals surface area contributed by atoms with Crippen molar-refractivity contribution in [3.63, 3.8) is 0 Å². The van der Waals surface area contributed by atoms with Crippen LogP contribution in [0, 0.1) is 13.8 Å². The van der Waals surface area contributed by atoms with Crippen molar-refractivity contribution in [2.75, 3.05) is 13.1 Å². The number of carbonyl (C=O) groups excluding carboxylic acids is 1. The van der Waals surface area contributed by atoms with E-state index in [-0.39, 0.29) is 17.0 Å². The summed E-state index contributed by atoms with van der Waals surface area (Å²) in [6, 6.07) is 1.83. The van der Waals surface area contributed by atoms with Crippen molar-refractivity contribution in [2.24, 2.45) is 7.05 Å². The van der Waals surface area contributed by atoms with Gasteiger partial charge in [-0.3, -0.25) is 9.59 Å². The van der Waals surface area contributed by atoms with Crippen molar-refractivity contribution < 1.29 is 9.90 Å². The zero-order chi connectivity index (χ0) is 13.4. The average molecular weight is 250 g/mol. The van der Waals surface area contributed by atoms with Gasteiger partial charge in [-0.2, -0.15) is 0 Å². The number of aliphatic hydroxyl groups is 1. The van der Waals surface area contributed by atoms with Gasteiger partial charge in [0, 0.05) is 25.8 Å². The van der Waals surface area contributed by atoms with E-state index in [0.717, 1.165) is 5.69 Å². The Morgan fingerprint density at radius 3 is 2.67 bits per heavy atom. The fraction of sp³-hybridized carbons (Fsp3) is 0.538. The predicted molar refractivity (Wildman–Crippen MR) is 67.7 cm³/mol. The van der Waals surface area contributed by atoms with Crippen molar-refractivity contribution >= 4 is 5.91 Å². The fourth-order valence-electron chi connectivity index (χ4n) is 2.32. The molecule has 1 aromatic rings. The first-order valence-corrected chi connectivity index (χ1v) is 6.06. The number of aromatic nitrogens is 1. The number of amides is 1. The molecule has 1 aromatic heterocycles. The zero-order valence-electron chi connectivity index (χ0n) is 10.9. The van der Waals surface area contributed by atoms with Gasteiger partial charge in [0.2, 0.25) is 0 Å². The molecule has 0 bridgehead atoms. The standard InChI is InChI=1S/C13H18N2O3/c1-8-6-9(2)14(3)12(17)11(8)13(18)15-5-4-10(16)7-15/h6,10,16H,4-5,7H2,1-3H3/t10-/m1/s1. The molecule has 18 heavy (non-hydrogen) atoms. The van der Waals surface area contributed by atoms with Gasteiger partial charge in [-0.1, -0.05) is 0 Å². The lowest BCUT2D eigenvalue weighted by atomic mass is 10.1. The van der Waals surface area contributed by atoms with Crippen LogP contribution in [0.3, 0.4) is 0 Å². The molecule has 2 heterocycles. The molecule has 5 nitrogen and oxygen atoms in total. The lowest BCUT2D eigenvalue weighted by molar-refractivity contribution is 0.0762. The van der Waals surface area contributed by atoms with Crippen LogP contribution >= 0.6 is 0 Å². The number of hydrogen-bond donors (Lipinski definition) is 1. The number of rotatable bonds is 1. The molecule has 2 rings (SSSR count). The van der Waals surface area contributed by atoms with Crippen LogP contribution in [0.4, 0.5) is 0 Å². The molecule has 1 amide bonds. The molecule has 5 heteroatoms. The van der Waals surface area contributed by atoms with Crippen LogP contribution in [0.1, 0.15) is 28.0 Å². The number of nitrogens with zero attached hydrogens (tertiary/aromatic N) is 2. The second-order valence-corrected chi connectivity index (χ2v) is 4.90. The summed E-state index contributed by atoms with van der Waals surface area (Å²) in [6.45, 7) is 4.43. The smallest absolute Gasteiger partial charge is 0.263 e. The van der Waals surface area contributed by atoms with Crippen LogP contribution < -0.4 is 5.56 Å². The first-order valence-electron chi connectivity index (χ1n) is 6.06. The van der Waals surface area contributed by atoms with Crippen LogP contribution in [0.15, 0.2) is 10.9 Å². The molecule has 1 atom stereocenters. The molecular weight excluding hydrogens is 232 g/mol. The summed E-state index contributed by atoms with van der Waals surface area (Å²) >= 11 is 0. The van der Waals surface area contributed by atoms with Crippen molar-refractivity contribution in [1.29, 1.82) is 0 Å². The maximum atomic E-state index is 12.3. The Balaban J connectivity index is 2.43.